The number of rotatable bonds is 5. The van der Waals surface area contributed by atoms with Gasteiger partial charge < -0.3 is 9.64 Å². The number of carbonyl (C=O) groups is 1. The fourth-order valence-corrected chi connectivity index (χ4v) is 3.54. The monoisotopic (exact) mass is 282 g/mol. The molecule has 0 aromatic rings. The molecule has 0 aliphatic carbocycles. The maximum absolute atomic E-state index is 12.6. The highest BCUT2D eigenvalue weighted by molar-refractivity contribution is 5.84. The molecule has 2 saturated heterocycles. The lowest BCUT2D eigenvalue weighted by Crippen LogP contribution is -2.49. The van der Waals surface area contributed by atoms with Gasteiger partial charge in [0.1, 0.15) is 0 Å². The Kier molecular flexibility index (Phi) is 5.08. The van der Waals surface area contributed by atoms with E-state index in [0.29, 0.717) is 24.5 Å². The SMILES string of the molecule is CCC(C)C1NCN(C2CCOC(CC)(CC)C2)C1=O. The zero-order chi connectivity index (χ0) is 14.8. The second-order valence-electron chi connectivity index (χ2n) is 6.42. The molecule has 2 fully saturated rings. The minimum absolute atomic E-state index is 0.0143. The zero-order valence-corrected chi connectivity index (χ0v) is 13.4. The topological polar surface area (TPSA) is 41.6 Å². The van der Waals surface area contributed by atoms with Crippen LogP contribution in [0.25, 0.3) is 0 Å². The molecular weight excluding hydrogens is 252 g/mol. The number of nitrogens with zero attached hydrogens (tertiary/aromatic N) is 1. The Morgan fingerprint density at radius 2 is 2.10 bits per heavy atom. The highest BCUT2D eigenvalue weighted by Gasteiger charge is 2.43. The normalized spacial score (nSPS) is 31.6. The Hall–Kier alpha value is -0.610. The van der Waals surface area contributed by atoms with Gasteiger partial charge in [0.15, 0.2) is 0 Å². The van der Waals surface area contributed by atoms with Crippen molar-refractivity contribution in [2.24, 2.45) is 5.92 Å². The summed E-state index contributed by atoms with van der Waals surface area (Å²) in [6.45, 7) is 10.2. The molecule has 2 aliphatic rings. The van der Waals surface area contributed by atoms with Crippen molar-refractivity contribution in [2.75, 3.05) is 13.3 Å². The third-order valence-corrected chi connectivity index (χ3v) is 5.44. The molecule has 20 heavy (non-hydrogen) atoms. The quantitative estimate of drug-likeness (QED) is 0.842. The van der Waals surface area contributed by atoms with Crippen molar-refractivity contribution in [3.05, 3.63) is 0 Å². The lowest BCUT2D eigenvalue weighted by molar-refractivity contribution is -0.141. The van der Waals surface area contributed by atoms with Gasteiger partial charge in [0.05, 0.1) is 18.3 Å². The van der Waals surface area contributed by atoms with Crippen molar-refractivity contribution in [1.29, 1.82) is 0 Å². The Morgan fingerprint density at radius 1 is 1.40 bits per heavy atom. The molecule has 3 unspecified atom stereocenters. The summed E-state index contributed by atoms with van der Waals surface area (Å²) in [5, 5.41) is 3.40. The van der Waals surface area contributed by atoms with Crippen molar-refractivity contribution >= 4 is 5.91 Å². The van der Waals surface area contributed by atoms with E-state index in [9.17, 15) is 4.79 Å². The maximum Gasteiger partial charge on any atom is 0.241 e. The van der Waals surface area contributed by atoms with Gasteiger partial charge in [-0.25, -0.2) is 0 Å². The number of hydrogen-bond donors (Lipinski definition) is 1. The predicted octanol–water partition coefficient (Wildman–Crippen LogP) is 2.53. The molecule has 4 heteroatoms. The lowest BCUT2D eigenvalue weighted by atomic mass is 9.85. The second kappa shape index (κ2) is 6.44. The first-order valence-electron chi connectivity index (χ1n) is 8.24. The van der Waals surface area contributed by atoms with Crippen LogP contribution in [0.4, 0.5) is 0 Å². The molecule has 0 radical (unpaired) electrons. The Labute approximate surface area is 123 Å². The van der Waals surface area contributed by atoms with Gasteiger partial charge in [0.25, 0.3) is 0 Å². The van der Waals surface area contributed by atoms with E-state index in [4.69, 9.17) is 4.74 Å². The fourth-order valence-electron chi connectivity index (χ4n) is 3.54. The van der Waals surface area contributed by atoms with Crippen molar-refractivity contribution in [2.45, 2.75) is 77.5 Å². The van der Waals surface area contributed by atoms with Gasteiger partial charge in [-0.3, -0.25) is 10.1 Å². The highest BCUT2D eigenvalue weighted by Crippen LogP contribution is 2.34. The molecule has 2 heterocycles. The molecule has 0 spiro atoms. The molecule has 0 aromatic carbocycles. The molecule has 1 amide bonds. The summed E-state index contributed by atoms with van der Waals surface area (Å²) in [6.07, 6.45) is 5.07. The van der Waals surface area contributed by atoms with Crippen LogP contribution in [0.15, 0.2) is 0 Å². The average Bonchev–Trinajstić information content (AvgIpc) is 2.88. The predicted molar refractivity (Wildman–Crippen MR) is 80.4 cm³/mol. The number of nitrogens with one attached hydrogen (secondary N) is 1. The molecule has 0 saturated carbocycles. The van der Waals surface area contributed by atoms with Crippen LogP contribution in [0, 0.1) is 5.92 Å². The van der Waals surface area contributed by atoms with Gasteiger partial charge in [-0.15, -0.1) is 0 Å². The third-order valence-electron chi connectivity index (χ3n) is 5.44. The summed E-state index contributed by atoms with van der Waals surface area (Å²) in [6, 6.07) is 0.359. The number of carbonyl (C=O) groups excluding carboxylic acids is 1. The Balaban J connectivity index is 2.03. The Bertz CT molecular complexity index is 341. The second-order valence-corrected chi connectivity index (χ2v) is 6.42. The molecular formula is C16H30N2O2. The minimum atomic E-state index is -0.0162. The Morgan fingerprint density at radius 3 is 2.70 bits per heavy atom. The van der Waals surface area contributed by atoms with E-state index in [1.165, 1.54) is 0 Å². The molecule has 2 rings (SSSR count). The summed E-state index contributed by atoms with van der Waals surface area (Å²) < 4.78 is 6.03. The smallest absolute Gasteiger partial charge is 0.241 e. The molecule has 0 bridgehead atoms. The molecule has 3 atom stereocenters. The van der Waals surface area contributed by atoms with E-state index in [0.717, 1.165) is 38.7 Å². The van der Waals surface area contributed by atoms with Gasteiger partial charge in [-0.2, -0.15) is 0 Å². The van der Waals surface area contributed by atoms with Crippen molar-refractivity contribution in [3.63, 3.8) is 0 Å². The molecule has 0 aromatic heterocycles. The maximum atomic E-state index is 12.6. The van der Waals surface area contributed by atoms with Crippen molar-refractivity contribution < 1.29 is 9.53 Å². The number of hydrogen-bond acceptors (Lipinski definition) is 3. The highest BCUT2D eigenvalue weighted by atomic mass is 16.5. The van der Waals surface area contributed by atoms with E-state index in [1.54, 1.807) is 0 Å². The van der Waals surface area contributed by atoms with Gasteiger partial charge in [-0.05, 0) is 31.6 Å². The molecule has 1 N–H and O–H groups in total. The standard InChI is InChI=1S/C16H30N2O2/c1-5-12(4)14-15(19)18(11-17-14)13-8-9-20-16(6-2,7-3)10-13/h12-14,17H,5-11H2,1-4H3. The molecule has 4 nitrogen and oxygen atoms in total. The van der Waals surface area contributed by atoms with E-state index >= 15 is 0 Å². The first kappa shape index (κ1) is 15.8. The number of ether oxygens (including phenoxy) is 1. The van der Waals surface area contributed by atoms with E-state index in [-0.39, 0.29) is 11.6 Å². The first-order valence-corrected chi connectivity index (χ1v) is 8.24. The van der Waals surface area contributed by atoms with Crippen LogP contribution in [0.1, 0.15) is 59.8 Å². The zero-order valence-electron chi connectivity index (χ0n) is 13.4. The van der Waals surface area contributed by atoms with Gasteiger partial charge in [0.2, 0.25) is 5.91 Å². The van der Waals surface area contributed by atoms with E-state index in [1.807, 2.05) is 0 Å². The minimum Gasteiger partial charge on any atom is -0.375 e. The van der Waals surface area contributed by atoms with Gasteiger partial charge >= 0.3 is 0 Å². The van der Waals surface area contributed by atoms with Crippen LogP contribution in [-0.4, -0.2) is 41.8 Å². The summed E-state index contributed by atoms with van der Waals surface area (Å²) in [5.41, 5.74) is -0.0162. The van der Waals surface area contributed by atoms with Crippen LogP contribution in [0.2, 0.25) is 0 Å². The van der Waals surface area contributed by atoms with Crippen LogP contribution >= 0.6 is 0 Å². The number of amides is 1. The summed E-state index contributed by atoms with van der Waals surface area (Å²) >= 11 is 0. The van der Waals surface area contributed by atoms with Crippen LogP contribution < -0.4 is 5.32 Å². The van der Waals surface area contributed by atoms with Gasteiger partial charge in [0, 0.05) is 12.6 Å². The summed E-state index contributed by atoms with van der Waals surface area (Å²) in [5.74, 6) is 0.710. The van der Waals surface area contributed by atoms with Crippen molar-refractivity contribution in [1.82, 2.24) is 10.2 Å². The summed E-state index contributed by atoms with van der Waals surface area (Å²) in [7, 11) is 0. The van der Waals surface area contributed by atoms with Crippen LogP contribution in [0.5, 0.6) is 0 Å². The average molecular weight is 282 g/mol. The van der Waals surface area contributed by atoms with Crippen molar-refractivity contribution in [3.8, 4) is 0 Å². The van der Waals surface area contributed by atoms with Crippen LogP contribution in [-0.2, 0) is 9.53 Å². The molecule has 2 aliphatic heterocycles. The largest absolute Gasteiger partial charge is 0.375 e. The fraction of sp³-hybridized carbons (Fsp3) is 0.938. The first-order chi connectivity index (χ1) is 9.56. The summed E-state index contributed by atoms with van der Waals surface area (Å²) in [4.78, 5) is 14.7. The lowest BCUT2D eigenvalue weighted by Gasteiger charge is -2.43. The van der Waals surface area contributed by atoms with E-state index < -0.39 is 0 Å². The van der Waals surface area contributed by atoms with Crippen LogP contribution in [0.3, 0.4) is 0 Å². The van der Waals surface area contributed by atoms with E-state index in [2.05, 4.69) is 37.9 Å². The molecule has 116 valence electrons. The van der Waals surface area contributed by atoms with Gasteiger partial charge in [-0.1, -0.05) is 34.1 Å². The third kappa shape index (κ3) is 2.86.